The number of aromatic nitrogens is 1. The van der Waals surface area contributed by atoms with E-state index in [0.717, 1.165) is 49.0 Å². The largest absolute Gasteiger partial charge is 0.353 e. The summed E-state index contributed by atoms with van der Waals surface area (Å²) in [6.07, 6.45) is 4.32. The number of para-hydroxylation sites is 2. The lowest BCUT2D eigenvalue weighted by Gasteiger charge is -2.32. The van der Waals surface area contributed by atoms with Crippen molar-refractivity contribution in [2.45, 2.75) is 18.9 Å². The second-order valence-corrected chi connectivity index (χ2v) is 8.21. The fourth-order valence-electron chi connectivity index (χ4n) is 4.52. The molecule has 150 valence electrons. The first-order valence-corrected chi connectivity index (χ1v) is 10.9. The molecule has 2 aromatic carbocycles. The van der Waals surface area contributed by atoms with E-state index in [4.69, 9.17) is 4.99 Å². The molecule has 0 bridgehead atoms. The highest BCUT2D eigenvalue weighted by Gasteiger charge is 2.36. The molecule has 6 rings (SSSR count). The predicted molar refractivity (Wildman–Crippen MR) is 122 cm³/mol. The minimum atomic E-state index is 0.543. The second-order valence-electron chi connectivity index (χ2n) is 8.21. The van der Waals surface area contributed by atoms with Crippen molar-refractivity contribution in [2.75, 3.05) is 31.1 Å². The number of benzene rings is 2. The molecule has 0 unspecified atom stereocenters. The smallest absolute Gasteiger partial charge is 0.138 e. The molecule has 0 spiro atoms. The Hall–Kier alpha value is -3.18. The molecule has 5 heteroatoms. The number of anilines is 2. The molecular weight excluding hydrogens is 370 g/mol. The van der Waals surface area contributed by atoms with Crippen LogP contribution in [0, 0.1) is 0 Å². The van der Waals surface area contributed by atoms with Gasteiger partial charge in [-0.15, -0.1) is 0 Å². The molecule has 3 aromatic rings. The van der Waals surface area contributed by atoms with Crippen molar-refractivity contribution in [1.82, 2.24) is 15.2 Å². The van der Waals surface area contributed by atoms with Crippen molar-refractivity contribution in [3.05, 3.63) is 72.4 Å². The van der Waals surface area contributed by atoms with Crippen LogP contribution in [-0.2, 0) is 0 Å². The highest BCUT2D eigenvalue weighted by atomic mass is 15.3. The number of fused-ring (bicyclic) bond motifs is 2. The van der Waals surface area contributed by atoms with Crippen LogP contribution >= 0.6 is 0 Å². The maximum Gasteiger partial charge on any atom is 0.138 e. The molecule has 2 fully saturated rings. The Morgan fingerprint density at radius 2 is 1.70 bits per heavy atom. The summed E-state index contributed by atoms with van der Waals surface area (Å²) in [4.78, 5) is 14.8. The molecule has 0 amide bonds. The normalized spacial score (nSPS) is 18.3. The van der Waals surface area contributed by atoms with Crippen molar-refractivity contribution in [1.29, 1.82) is 0 Å². The molecule has 1 aromatic heterocycles. The van der Waals surface area contributed by atoms with Crippen molar-refractivity contribution < 1.29 is 0 Å². The van der Waals surface area contributed by atoms with Crippen LogP contribution in [0.15, 0.2) is 71.9 Å². The maximum absolute atomic E-state index is 5.22. The summed E-state index contributed by atoms with van der Waals surface area (Å²) in [5, 5.41) is 3.46. The first-order valence-electron chi connectivity index (χ1n) is 10.9. The van der Waals surface area contributed by atoms with E-state index in [9.17, 15) is 0 Å². The highest BCUT2D eigenvalue weighted by molar-refractivity contribution is 6.09. The van der Waals surface area contributed by atoms with Gasteiger partial charge >= 0.3 is 0 Å². The van der Waals surface area contributed by atoms with E-state index in [0.29, 0.717) is 6.04 Å². The molecule has 1 saturated carbocycles. The molecule has 3 heterocycles. The topological polar surface area (TPSA) is 43.8 Å². The number of nitrogens with one attached hydrogen (secondary N) is 1. The zero-order chi connectivity index (χ0) is 19.9. The van der Waals surface area contributed by atoms with Gasteiger partial charge in [0.15, 0.2) is 0 Å². The van der Waals surface area contributed by atoms with Crippen molar-refractivity contribution in [2.24, 2.45) is 4.99 Å². The fraction of sp³-hybridized carbons (Fsp3) is 0.280. The molecule has 2 aliphatic heterocycles. The van der Waals surface area contributed by atoms with E-state index in [1.807, 2.05) is 12.3 Å². The summed E-state index contributed by atoms with van der Waals surface area (Å²) in [6, 6.07) is 22.0. The molecule has 3 aliphatic rings. The third-order valence-corrected chi connectivity index (χ3v) is 6.16. The Balaban J connectivity index is 1.56. The zero-order valence-electron chi connectivity index (χ0n) is 17.0. The van der Waals surface area contributed by atoms with E-state index < -0.39 is 0 Å². The van der Waals surface area contributed by atoms with Gasteiger partial charge in [-0.1, -0.05) is 24.3 Å². The van der Waals surface area contributed by atoms with Crippen molar-refractivity contribution >= 4 is 22.9 Å². The summed E-state index contributed by atoms with van der Waals surface area (Å²) in [7, 11) is 0. The predicted octanol–water partition coefficient (Wildman–Crippen LogP) is 4.35. The lowest BCUT2D eigenvalue weighted by molar-refractivity contribution is 0.358. The lowest BCUT2D eigenvalue weighted by Crippen LogP contribution is -2.46. The van der Waals surface area contributed by atoms with Gasteiger partial charge in [-0.2, -0.15) is 0 Å². The minimum absolute atomic E-state index is 0.543. The fourth-order valence-corrected chi connectivity index (χ4v) is 4.52. The van der Waals surface area contributed by atoms with E-state index >= 15 is 0 Å². The van der Waals surface area contributed by atoms with Crippen LogP contribution in [0.5, 0.6) is 0 Å². The summed E-state index contributed by atoms with van der Waals surface area (Å²) < 4.78 is 0. The molecule has 1 N–H and O–H groups in total. The van der Waals surface area contributed by atoms with Crippen LogP contribution in [0.25, 0.3) is 11.3 Å². The summed E-state index contributed by atoms with van der Waals surface area (Å²) in [6.45, 7) is 3.94. The van der Waals surface area contributed by atoms with Gasteiger partial charge in [0.05, 0.1) is 22.8 Å². The number of rotatable bonds is 2. The average Bonchev–Trinajstić information content (AvgIpc) is 3.65. The average molecular weight is 396 g/mol. The third kappa shape index (κ3) is 3.06. The van der Waals surface area contributed by atoms with Gasteiger partial charge < -0.3 is 15.1 Å². The second kappa shape index (κ2) is 7.26. The van der Waals surface area contributed by atoms with Crippen LogP contribution in [0.1, 0.15) is 18.4 Å². The number of amidine groups is 1. The lowest BCUT2D eigenvalue weighted by atomic mass is 10.0. The Bertz CT molecular complexity index is 1100. The first kappa shape index (κ1) is 17.7. The number of piperazine rings is 1. The Morgan fingerprint density at radius 1 is 0.867 bits per heavy atom. The molecule has 5 nitrogen and oxygen atoms in total. The van der Waals surface area contributed by atoms with Gasteiger partial charge in [0, 0.05) is 49.5 Å². The molecule has 0 radical (unpaired) electrons. The van der Waals surface area contributed by atoms with E-state index in [1.165, 1.54) is 29.8 Å². The Morgan fingerprint density at radius 3 is 2.50 bits per heavy atom. The monoisotopic (exact) mass is 395 g/mol. The number of hydrogen-bond acceptors (Lipinski definition) is 5. The van der Waals surface area contributed by atoms with Gasteiger partial charge in [-0.05, 0) is 49.2 Å². The number of nitrogens with zero attached hydrogens (tertiary/aromatic N) is 4. The van der Waals surface area contributed by atoms with Crippen LogP contribution in [0.3, 0.4) is 0 Å². The van der Waals surface area contributed by atoms with Gasteiger partial charge in [0.1, 0.15) is 5.84 Å². The highest BCUT2D eigenvalue weighted by Crippen LogP contribution is 2.47. The van der Waals surface area contributed by atoms with E-state index in [-0.39, 0.29) is 0 Å². The van der Waals surface area contributed by atoms with Crippen molar-refractivity contribution in [3.8, 4) is 11.3 Å². The summed E-state index contributed by atoms with van der Waals surface area (Å²) in [5.41, 5.74) is 6.91. The maximum atomic E-state index is 5.22. The minimum Gasteiger partial charge on any atom is -0.353 e. The van der Waals surface area contributed by atoms with Gasteiger partial charge in [-0.3, -0.25) is 4.98 Å². The molecule has 0 atom stereocenters. The van der Waals surface area contributed by atoms with Gasteiger partial charge in [0.25, 0.3) is 0 Å². The molecule has 30 heavy (non-hydrogen) atoms. The molecule has 1 aliphatic carbocycles. The Kier molecular flexibility index (Phi) is 4.27. The zero-order valence-corrected chi connectivity index (χ0v) is 17.0. The van der Waals surface area contributed by atoms with Crippen molar-refractivity contribution in [3.63, 3.8) is 0 Å². The number of pyridine rings is 1. The quantitative estimate of drug-likeness (QED) is 0.701. The summed E-state index contributed by atoms with van der Waals surface area (Å²) in [5.74, 6) is 1.09. The first-order chi connectivity index (χ1) is 14.9. The van der Waals surface area contributed by atoms with E-state index in [1.54, 1.807) is 0 Å². The van der Waals surface area contributed by atoms with Gasteiger partial charge in [-0.25, -0.2) is 4.99 Å². The van der Waals surface area contributed by atoms with Crippen LogP contribution < -0.4 is 10.2 Å². The van der Waals surface area contributed by atoms with Crippen LogP contribution in [0.2, 0.25) is 0 Å². The van der Waals surface area contributed by atoms with E-state index in [2.05, 4.69) is 74.7 Å². The number of hydrogen-bond donors (Lipinski definition) is 1. The molecular formula is C25H25N5. The third-order valence-electron chi connectivity index (χ3n) is 6.16. The van der Waals surface area contributed by atoms with Crippen LogP contribution in [-0.4, -0.2) is 47.9 Å². The Labute approximate surface area is 177 Å². The SMILES string of the molecule is c1ccc(-c2ccc3c(c2)N(C2CC2)c2ccccc2N=C3N2CCNCC2)nc1. The van der Waals surface area contributed by atoms with Crippen LogP contribution in [0.4, 0.5) is 17.1 Å². The standard InChI is InChI=1S/C25H25N5/c1-2-7-23-22(6-1)28-25(29-15-13-26-14-16-29)20-11-8-18(21-5-3-4-12-27-21)17-24(20)30(23)19-9-10-19/h1-8,11-12,17,19,26H,9-10,13-16H2. The molecule has 1 saturated heterocycles. The van der Waals surface area contributed by atoms with Gasteiger partial charge in [0.2, 0.25) is 0 Å². The summed E-state index contributed by atoms with van der Waals surface area (Å²) >= 11 is 0. The number of aliphatic imine (C=N–C) groups is 1.